The van der Waals surface area contributed by atoms with E-state index in [1.165, 1.54) is 5.52 Å². The first-order valence-corrected chi connectivity index (χ1v) is 2.92. The lowest BCUT2D eigenvalue weighted by molar-refractivity contribution is 1.24. The van der Waals surface area contributed by atoms with Gasteiger partial charge >= 0.3 is 0 Å². The van der Waals surface area contributed by atoms with E-state index in [-0.39, 0.29) is 0 Å². The minimum atomic E-state index is 1.10. The third-order valence-electron chi connectivity index (χ3n) is 1.54. The molecule has 0 unspecified atom stereocenters. The molecule has 0 aliphatic carbocycles. The number of rotatable bonds is 0. The van der Waals surface area contributed by atoms with Gasteiger partial charge in [-0.15, -0.1) is 0 Å². The molecule has 0 bridgehead atoms. The van der Waals surface area contributed by atoms with Crippen LogP contribution in [0.3, 0.4) is 0 Å². The highest BCUT2D eigenvalue weighted by atomic mass is 14.9. The molecule has 0 saturated heterocycles. The van der Waals surface area contributed by atoms with E-state index in [1.807, 2.05) is 24.5 Å². The number of fused-ring (bicyclic) bond motifs is 1. The van der Waals surface area contributed by atoms with Crippen molar-refractivity contribution in [3.05, 3.63) is 35.8 Å². The number of hydrogen-bond donors (Lipinski definition) is 0. The molecule has 0 atom stereocenters. The summed E-state index contributed by atoms with van der Waals surface area (Å²) < 4.78 is 2.06. The zero-order chi connectivity index (χ0) is 6.27. The van der Waals surface area contributed by atoms with Gasteiger partial charge in [0.2, 0.25) is 0 Å². The summed E-state index contributed by atoms with van der Waals surface area (Å²) >= 11 is 0. The van der Waals surface area contributed by atoms with Crippen molar-refractivity contribution in [2.45, 2.75) is 0 Å². The summed E-state index contributed by atoms with van der Waals surface area (Å²) in [5.74, 6) is 0. The molecule has 0 aromatic carbocycles. The maximum Gasteiger partial charge on any atom is 0.0516 e. The highest BCUT2D eigenvalue weighted by molar-refractivity contribution is 5.50. The van der Waals surface area contributed by atoms with E-state index in [1.54, 1.807) is 0 Å². The fourth-order valence-corrected chi connectivity index (χ4v) is 1.05. The zero-order valence-corrected chi connectivity index (χ0v) is 5.04. The van der Waals surface area contributed by atoms with Crippen LogP contribution in [0, 0.1) is 0 Å². The molecule has 0 spiro atoms. The molecule has 0 aliphatic heterocycles. The van der Waals surface area contributed by atoms with E-state index in [2.05, 4.69) is 17.0 Å². The predicted molar refractivity (Wildman–Crippen MR) is 38.1 cm³/mol. The smallest absolute Gasteiger partial charge is 0.0516 e. The van der Waals surface area contributed by atoms with Crippen LogP contribution in [-0.4, -0.2) is 4.40 Å². The van der Waals surface area contributed by atoms with Crippen molar-refractivity contribution >= 4 is 12.1 Å². The first-order valence-electron chi connectivity index (χ1n) is 2.92. The maximum absolute atomic E-state index is 3.86. The molecule has 2 heterocycles. The molecule has 0 amide bonds. The van der Waals surface area contributed by atoms with Crippen molar-refractivity contribution in [1.82, 2.24) is 4.40 Å². The second-order valence-corrected chi connectivity index (χ2v) is 2.14. The fourth-order valence-electron chi connectivity index (χ4n) is 1.05. The van der Waals surface area contributed by atoms with Crippen LogP contribution in [0.25, 0.3) is 12.1 Å². The van der Waals surface area contributed by atoms with Gasteiger partial charge in [-0.1, -0.05) is 6.58 Å². The van der Waals surface area contributed by atoms with Crippen LogP contribution in [0.2, 0.25) is 0 Å². The second-order valence-electron chi connectivity index (χ2n) is 2.14. The SMILES string of the molecule is C=c1ccn2cccc12. The lowest BCUT2D eigenvalue weighted by Crippen LogP contribution is -1.89. The minimum absolute atomic E-state index is 1.10. The largest absolute Gasteiger partial charge is 0.323 e. The Hall–Kier alpha value is -1.24. The Labute approximate surface area is 53.2 Å². The van der Waals surface area contributed by atoms with Crippen molar-refractivity contribution in [2.24, 2.45) is 0 Å². The molecule has 9 heavy (non-hydrogen) atoms. The van der Waals surface area contributed by atoms with Gasteiger partial charge in [0.15, 0.2) is 0 Å². The summed E-state index contributed by atoms with van der Waals surface area (Å²) in [5, 5.41) is 1.10. The molecule has 0 saturated carbocycles. The summed E-state index contributed by atoms with van der Waals surface area (Å²) in [7, 11) is 0. The third kappa shape index (κ3) is 0.486. The highest BCUT2D eigenvalue weighted by Crippen LogP contribution is 1.96. The van der Waals surface area contributed by atoms with Gasteiger partial charge in [-0.2, -0.15) is 0 Å². The summed E-state index contributed by atoms with van der Waals surface area (Å²) in [4.78, 5) is 0. The summed E-state index contributed by atoms with van der Waals surface area (Å²) in [6.07, 6.45) is 4.03. The molecule has 2 aromatic rings. The van der Waals surface area contributed by atoms with Crippen LogP contribution in [0.15, 0.2) is 30.6 Å². The minimum Gasteiger partial charge on any atom is -0.323 e. The molecule has 0 N–H and O–H groups in total. The van der Waals surface area contributed by atoms with Crippen molar-refractivity contribution < 1.29 is 0 Å². The Morgan fingerprint density at radius 2 is 2.11 bits per heavy atom. The van der Waals surface area contributed by atoms with E-state index in [0.717, 1.165) is 5.22 Å². The van der Waals surface area contributed by atoms with Gasteiger partial charge in [0.25, 0.3) is 0 Å². The van der Waals surface area contributed by atoms with Crippen molar-refractivity contribution in [3.8, 4) is 0 Å². The Kier molecular flexibility index (Phi) is 0.707. The predicted octanol–water partition coefficient (Wildman–Crippen LogP) is 1.07. The van der Waals surface area contributed by atoms with Crippen LogP contribution in [0.5, 0.6) is 0 Å². The standard InChI is InChI=1S/C8H7N/c1-7-4-6-9-5-2-3-8(7)9/h2-6H,1H2. The number of aromatic nitrogens is 1. The molecule has 0 aliphatic rings. The van der Waals surface area contributed by atoms with Gasteiger partial charge in [-0.3, -0.25) is 0 Å². The molecule has 0 fully saturated rings. The zero-order valence-electron chi connectivity index (χ0n) is 5.04. The average Bonchev–Trinajstić information content (AvgIpc) is 2.35. The molecule has 0 radical (unpaired) electrons. The summed E-state index contributed by atoms with van der Waals surface area (Å²) in [6, 6.07) is 6.08. The molecule has 2 rings (SSSR count). The van der Waals surface area contributed by atoms with E-state index in [4.69, 9.17) is 0 Å². The maximum atomic E-state index is 3.86. The molecule has 44 valence electrons. The quantitative estimate of drug-likeness (QED) is 0.486. The van der Waals surface area contributed by atoms with Gasteiger partial charge < -0.3 is 4.40 Å². The first kappa shape index (κ1) is 4.62. The van der Waals surface area contributed by atoms with Gasteiger partial charge in [0.05, 0.1) is 5.52 Å². The fraction of sp³-hybridized carbons (Fsp3) is 0. The topological polar surface area (TPSA) is 4.41 Å². The Balaban J connectivity index is 3.17. The average molecular weight is 117 g/mol. The normalized spacial score (nSPS) is 10.7. The van der Waals surface area contributed by atoms with Crippen molar-refractivity contribution in [1.29, 1.82) is 0 Å². The Bertz CT molecular complexity index is 359. The van der Waals surface area contributed by atoms with Crippen molar-refractivity contribution in [2.75, 3.05) is 0 Å². The van der Waals surface area contributed by atoms with Crippen LogP contribution in [-0.2, 0) is 0 Å². The van der Waals surface area contributed by atoms with Crippen LogP contribution >= 0.6 is 0 Å². The van der Waals surface area contributed by atoms with Gasteiger partial charge in [0, 0.05) is 12.4 Å². The van der Waals surface area contributed by atoms with E-state index in [9.17, 15) is 0 Å². The molecular formula is C8H7N. The van der Waals surface area contributed by atoms with E-state index in [0.29, 0.717) is 0 Å². The number of hydrogen-bond acceptors (Lipinski definition) is 0. The van der Waals surface area contributed by atoms with Crippen LogP contribution in [0.4, 0.5) is 0 Å². The van der Waals surface area contributed by atoms with Crippen LogP contribution < -0.4 is 5.22 Å². The molecule has 2 aromatic heterocycles. The lowest BCUT2D eigenvalue weighted by atomic mass is 10.4. The Morgan fingerprint density at radius 1 is 1.22 bits per heavy atom. The van der Waals surface area contributed by atoms with E-state index < -0.39 is 0 Å². The lowest BCUT2D eigenvalue weighted by Gasteiger charge is -1.76. The molecule has 1 heteroatoms. The van der Waals surface area contributed by atoms with Crippen LogP contribution in [0.1, 0.15) is 0 Å². The Morgan fingerprint density at radius 3 is 2.89 bits per heavy atom. The molecular weight excluding hydrogens is 110 g/mol. The molecule has 1 nitrogen and oxygen atoms in total. The summed E-state index contributed by atoms with van der Waals surface area (Å²) in [5.41, 5.74) is 1.20. The van der Waals surface area contributed by atoms with Gasteiger partial charge in [-0.25, -0.2) is 0 Å². The van der Waals surface area contributed by atoms with Gasteiger partial charge in [-0.05, 0) is 23.4 Å². The van der Waals surface area contributed by atoms with Gasteiger partial charge in [0.1, 0.15) is 0 Å². The summed E-state index contributed by atoms with van der Waals surface area (Å²) in [6.45, 7) is 3.86. The first-order chi connectivity index (χ1) is 4.38. The number of nitrogens with zero attached hydrogens (tertiary/aromatic N) is 1. The highest BCUT2D eigenvalue weighted by Gasteiger charge is 1.89. The monoisotopic (exact) mass is 117 g/mol. The van der Waals surface area contributed by atoms with Crippen molar-refractivity contribution in [3.63, 3.8) is 0 Å². The third-order valence-corrected chi connectivity index (χ3v) is 1.54. The van der Waals surface area contributed by atoms with E-state index >= 15 is 0 Å². The second kappa shape index (κ2) is 1.38.